The van der Waals surface area contributed by atoms with Crippen LogP contribution in [0.25, 0.3) is 0 Å². The normalized spacial score (nSPS) is 24.8. The van der Waals surface area contributed by atoms with Crippen LogP contribution in [-0.2, 0) is 9.53 Å². The lowest BCUT2D eigenvalue weighted by Crippen LogP contribution is -2.57. The Morgan fingerprint density at radius 1 is 1.12 bits per heavy atom. The number of likely N-dealkylation sites (tertiary alicyclic amines) is 1. The van der Waals surface area contributed by atoms with Gasteiger partial charge in [-0.25, -0.2) is 4.39 Å². The topological polar surface area (TPSA) is 45.2 Å². The minimum Gasteiger partial charge on any atom is -0.484 e. The molecule has 6 nitrogen and oxygen atoms in total. The quantitative estimate of drug-likeness (QED) is 0.671. The van der Waals surface area contributed by atoms with Crippen LogP contribution in [0.4, 0.5) is 4.39 Å². The maximum absolute atomic E-state index is 13.0. The van der Waals surface area contributed by atoms with Gasteiger partial charge in [-0.2, -0.15) is 0 Å². The number of carbonyl (C=O) groups is 1. The van der Waals surface area contributed by atoms with Gasteiger partial charge in [-0.1, -0.05) is 13.8 Å². The Balaban J connectivity index is 1.23. The number of hydrogen-bond acceptors (Lipinski definition) is 5. The molecule has 0 saturated carbocycles. The van der Waals surface area contributed by atoms with Crippen molar-refractivity contribution in [2.24, 2.45) is 5.92 Å². The smallest absolute Gasteiger partial charge is 0.260 e. The molecule has 0 unspecified atom stereocenters. The van der Waals surface area contributed by atoms with Gasteiger partial charge in [0, 0.05) is 58.5 Å². The molecule has 1 amide bonds. The summed E-state index contributed by atoms with van der Waals surface area (Å²) in [7, 11) is 0. The average Bonchev–Trinajstić information content (AvgIpc) is 2.79. The molecule has 32 heavy (non-hydrogen) atoms. The highest BCUT2D eigenvalue weighted by atomic mass is 19.1. The number of amides is 1. The van der Waals surface area contributed by atoms with Crippen molar-refractivity contribution in [1.82, 2.24) is 14.7 Å². The van der Waals surface area contributed by atoms with Crippen molar-refractivity contribution in [1.29, 1.82) is 0 Å². The SMILES string of the molecule is CC(C)CN1CCN([C@@H]2CCOC3(CCN(C(=O)COc4ccc(F)cc4)CC3)C2)CC1. The van der Waals surface area contributed by atoms with E-state index >= 15 is 0 Å². The van der Waals surface area contributed by atoms with E-state index in [1.165, 1.54) is 31.8 Å². The van der Waals surface area contributed by atoms with E-state index in [2.05, 4.69) is 23.6 Å². The van der Waals surface area contributed by atoms with Crippen molar-refractivity contribution in [3.63, 3.8) is 0 Å². The highest BCUT2D eigenvalue weighted by molar-refractivity contribution is 5.77. The molecule has 3 fully saturated rings. The second kappa shape index (κ2) is 10.5. The highest BCUT2D eigenvalue weighted by Gasteiger charge is 2.42. The molecule has 4 rings (SSSR count). The fourth-order valence-electron chi connectivity index (χ4n) is 5.42. The van der Waals surface area contributed by atoms with Crippen LogP contribution >= 0.6 is 0 Å². The number of halogens is 1. The number of hydrogen-bond donors (Lipinski definition) is 0. The molecule has 0 radical (unpaired) electrons. The minimum absolute atomic E-state index is 0.0111. The van der Waals surface area contributed by atoms with E-state index < -0.39 is 0 Å². The number of piperazine rings is 1. The van der Waals surface area contributed by atoms with E-state index in [0.29, 0.717) is 24.9 Å². The van der Waals surface area contributed by atoms with Gasteiger partial charge in [0.2, 0.25) is 0 Å². The van der Waals surface area contributed by atoms with Crippen molar-refractivity contribution in [2.45, 2.75) is 51.2 Å². The zero-order valence-electron chi connectivity index (χ0n) is 19.6. The molecule has 3 aliphatic rings. The summed E-state index contributed by atoms with van der Waals surface area (Å²) in [6, 6.07) is 6.37. The summed E-state index contributed by atoms with van der Waals surface area (Å²) in [6.45, 7) is 12.6. The van der Waals surface area contributed by atoms with Crippen LogP contribution in [0.15, 0.2) is 24.3 Å². The Bertz CT molecular complexity index is 741. The first-order chi connectivity index (χ1) is 15.4. The van der Waals surface area contributed by atoms with Crippen LogP contribution in [-0.4, -0.2) is 91.3 Å². The van der Waals surface area contributed by atoms with Gasteiger partial charge in [-0.3, -0.25) is 9.69 Å². The maximum atomic E-state index is 13.0. The van der Waals surface area contributed by atoms with Crippen molar-refractivity contribution < 1.29 is 18.7 Å². The van der Waals surface area contributed by atoms with E-state index in [9.17, 15) is 9.18 Å². The molecule has 3 heterocycles. The Morgan fingerprint density at radius 3 is 2.47 bits per heavy atom. The molecular weight excluding hydrogens is 409 g/mol. The van der Waals surface area contributed by atoms with Crippen LogP contribution in [0.1, 0.15) is 39.5 Å². The van der Waals surface area contributed by atoms with Crippen LogP contribution in [0.2, 0.25) is 0 Å². The molecule has 0 bridgehead atoms. The van der Waals surface area contributed by atoms with Gasteiger partial charge >= 0.3 is 0 Å². The lowest BCUT2D eigenvalue weighted by Gasteiger charge is -2.49. The second-order valence-corrected chi connectivity index (χ2v) is 10.0. The zero-order valence-corrected chi connectivity index (χ0v) is 19.6. The molecule has 178 valence electrons. The lowest BCUT2D eigenvalue weighted by molar-refractivity contribution is -0.151. The van der Waals surface area contributed by atoms with E-state index in [0.717, 1.165) is 51.3 Å². The third-order valence-electron chi connectivity index (χ3n) is 7.22. The van der Waals surface area contributed by atoms with Gasteiger partial charge in [-0.05, 0) is 55.9 Å². The number of carbonyl (C=O) groups excluding carboxylic acids is 1. The summed E-state index contributed by atoms with van der Waals surface area (Å²) in [4.78, 5) is 19.8. The van der Waals surface area contributed by atoms with Gasteiger partial charge in [0.1, 0.15) is 11.6 Å². The fraction of sp³-hybridized carbons (Fsp3) is 0.720. The summed E-state index contributed by atoms with van der Waals surface area (Å²) >= 11 is 0. The van der Waals surface area contributed by atoms with Crippen LogP contribution in [0.3, 0.4) is 0 Å². The molecule has 1 aromatic rings. The van der Waals surface area contributed by atoms with Crippen LogP contribution < -0.4 is 4.74 Å². The van der Waals surface area contributed by atoms with Crippen molar-refractivity contribution in [2.75, 3.05) is 59.0 Å². The van der Waals surface area contributed by atoms with Crippen molar-refractivity contribution in [3.05, 3.63) is 30.1 Å². The first-order valence-electron chi connectivity index (χ1n) is 12.2. The zero-order chi connectivity index (χ0) is 22.6. The summed E-state index contributed by atoms with van der Waals surface area (Å²) in [5.74, 6) is 0.910. The number of nitrogens with zero attached hydrogens (tertiary/aromatic N) is 3. The number of piperidine rings is 1. The van der Waals surface area contributed by atoms with E-state index in [-0.39, 0.29) is 23.9 Å². The Hall–Kier alpha value is -1.70. The fourth-order valence-corrected chi connectivity index (χ4v) is 5.42. The first kappa shape index (κ1) is 23.5. The van der Waals surface area contributed by atoms with Gasteiger partial charge in [0.05, 0.1) is 5.60 Å². The highest BCUT2D eigenvalue weighted by Crippen LogP contribution is 2.37. The van der Waals surface area contributed by atoms with Crippen molar-refractivity contribution >= 4 is 5.91 Å². The Labute approximate surface area is 191 Å². The lowest BCUT2D eigenvalue weighted by atomic mass is 9.81. The van der Waals surface area contributed by atoms with E-state index in [1.807, 2.05) is 4.90 Å². The Morgan fingerprint density at radius 2 is 1.81 bits per heavy atom. The molecule has 7 heteroatoms. The predicted molar refractivity (Wildman–Crippen MR) is 122 cm³/mol. The van der Waals surface area contributed by atoms with Crippen molar-refractivity contribution in [3.8, 4) is 5.75 Å². The molecule has 1 spiro atoms. The standard InChI is InChI=1S/C25H38FN3O3/c1-20(2)18-27-12-14-28(15-13-27)22-7-16-32-25(17-22)8-10-29(11-9-25)24(30)19-31-23-5-3-21(26)4-6-23/h3-6,20,22H,7-19H2,1-2H3/t22-/m1/s1. The van der Waals surface area contributed by atoms with Crippen LogP contribution in [0.5, 0.6) is 5.75 Å². The molecule has 0 aliphatic carbocycles. The Kier molecular flexibility index (Phi) is 7.69. The van der Waals surface area contributed by atoms with E-state index in [1.54, 1.807) is 12.1 Å². The van der Waals surface area contributed by atoms with Crippen LogP contribution in [0, 0.1) is 11.7 Å². The molecular formula is C25H38FN3O3. The number of benzene rings is 1. The summed E-state index contributed by atoms with van der Waals surface area (Å²) in [5, 5.41) is 0. The molecule has 0 N–H and O–H groups in total. The summed E-state index contributed by atoms with van der Waals surface area (Å²) in [6.07, 6.45) is 3.96. The minimum atomic E-state index is -0.312. The van der Waals surface area contributed by atoms with Gasteiger partial charge in [-0.15, -0.1) is 0 Å². The van der Waals surface area contributed by atoms with Gasteiger partial charge < -0.3 is 19.3 Å². The van der Waals surface area contributed by atoms with Gasteiger partial charge in [0.15, 0.2) is 6.61 Å². The van der Waals surface area contributed by atoms with Gasteiger partial charge in [0.25, 0.3) is 5.91 Å². The molecule has 3 saturated heterocycles. The van der Waals surface area contributed by atoms with E-state index in [4.69, 9.17) is 9.47 Å². The maximum Gasteiger partial charge on any atom is 0.260 e. The average molecular weight is 448 g/mol. The number of rotatable bonds is 6. The molecule has 1 aromatic carbocycles. The third-order valence-corrected chi connectivity index (χ3v) is 7.22. The summed E-state index contributed by atoms with van der Waals surface area (Å²) in [5.41, 5.74) is -0.0907. The molecule has 1 atom stereocenters. The summed E-state index contributed by atoms with van der Waals surface area (Å²) < 4.78 is 24.9. The molecule has 0 aromatic heterocycles. The second-order valence-electron chi connectivity index (χ2n) is 10.0. The monoisotopic (exact) mass is 447 g/mol. The predicted octanol–water partition coefficient (Wildman–Crippen LogP) is 3.02. The number of ether oxygens (including phenoxy) is 2. The molecule has 3 aliphatic heterocycles. The third kappa shape index (κ3) is 6.00. The largest absolute Gasteiger partial charge is 0.484 e. The first-order valence-corrected chi connectivity index (χ1v) is 12.2.